The van der Waals surface area contributed by atoms with E-state index >= 15 is 0 Å². The van der Waals surface area contributed by atoms with Gasteiger partial charge in [-0.3, -0.25) is 4.79 Å². The molecule has 0 aliphatic heterocycles. The van der Waals surface area contributed by atoms with Crippen LogP contribution in [0.25, 0.3) is 0 Å². The maximum atomic E-state index is 12.2. The summed E-state index contributed by atoms with van der Waals surface area (Å²) in [6.45, 7) is 1.82. The Kier molecular flexibility index (Phi) is 4.46. The topological polar surface area (TPSA) is 29.1 Å². The van der Waals surface area contributed by atoms with Crippen LogP contribution in [-0.4, -0.2) is 11.8 Å². The molecule has 0 aliphatic rings. The first-order valence-corrected chi connectivity index (χ1v) is 6.64. The molecule has 19 heavy (non-hydrogen) atoms. The van der Waals surface area contributed by atoms with Crippen LogP contribution in [0, 0.1) is 0 Å². The van der Waals surface area contributed by atoms with Gasteiger partial charge in [0, 0.05) is 21.3 Å². The molecule has 0 aliphatic carbocycles. The Hall–Kier alpha value is -1.51. The summed E-state index contributed by atoms with van der Waals surface area (Å²) < 4.78 is 0. The van der Waals surface area contributed by atoms with Gasteiger partial charge in [0.25, 0.3) is 0 Å². The number of hydrogen-bond donors (Lipinski definition) is 1. The van der Waals surface area contributed by atoms with Gasteiger partial charge in [0.2, 0.25) is 0 Å². The zero-order valence-corrected chi connectivity index (χ0v) is 11.9. The van der Waals surface area contributed by atoms with E-state index < -0.39 is 0 Å². The van der Waals surface area contributed by atoms with E-state index in [-0.39, 0.29) is 11.8 Å². The van der Waals surface area contributed by atoms with E-state index in [0.717, 1.165) is 5.69 Å². The molecule has 2 aromatic carbocycles. The van der Waals surface area contributed by atoms with E-state index in [1.54, 1.807) is 36.4 Å². The first-order valence-electron chi connectivity index (χ1n) is 5.88. The SMILES string of the molecule is CC(Nc1ccc(Cl)cc1)C(=O)c1cccc(Cl)c1. The molecule has 1 unspecified atom stereocenters. The van der Waals surface area contributed by atoms with Crippen LogP contribution in [-0.2, 0) is 0 Å². The molecule has 0 amide bonds. The molecule has 1 N–H and O–H groups in total. The summed E-state index contributed by atoms with van der Waals surface area (Å²) in [5.41, 5.74) is 1.45. The van der Waals surface area contributed by atoms with Crippen molar-refractivity contribution in [2.24, 2.45) is 0 Å². The maximum absolute atomic E-state index is 12.2. The van der Waals surface area contributed by atoms with Crippen LogP contribution in [0.15, 0.2) is 48.5 Å². The third-order valence-corrected chi connectivity index (χ3v) is 3.22. The van der Waals surface area contributed by atoms with Gasteiger partial charge in [-0.15, -0.1) is 0 Å². The average Bonchev–Trinajstić information content (AvgIpc) is 2.40. The number of benzene rings is 2. The molecular formula is C15H13Cl2NO. The van der Waals surface area contributed by atoms with Crippen LogP contribution >= 0.6 is 23.2 Å². The largest absolute Gasteiger partial charge is 0.375 e. The van der Waals surface area contributed by atoms with Gasteiger partial charge in [-0.05, 0) is 43.3 Å². The Morgan fingerprint density at radius 2 is 1.74 bits per heavy atom. The molecule has 98 valence electrons. The minimum absolute atomic E-state index is 0.00236. The Morgan fingerprint density at radius 1 is 1.05 bits per heavy atom. The summed E-state index contributed by atoms with van der Waals surface area (Å²) in [5, 5.41) is 4.36. The fourth-order valence-corrected chi connectivity index (χ4v) is 2.07. The van der Waals surface area contributed by atoms with Gasteiger partial charge in [0.05, 0.1) is 6.04 Å². The normalized spacial score (nSPS) is 11.9. The summed E-state index contributed by atoms with van der Waals surface area (Å²) >= 11 is 11.7. The zero-order chi connectivity index (χ0) is 13.8. The number of rotatable bonds is 4. The minimum atomic E-state index is -0.334. The molecule has 2 nitrogen and oxygen atoms in total. The van der Waals surface area contributed by atoms with Gasteiger partial charge < -0.3 is 5.32 Å². The van der Waals surface area contributed by atoms with Gasteiger partial charge in [-0.2, -0.15) is 0 Å². The monoisotopic (exact) mass is 293 g/mol. The Bertz CT molecular complexity index is 581. The number of ketones is 1. The van der Waals surface area contributed by atoms with Crippen molar-refractivity contribution in [1.82, 2.24) is 0 Å². The third kappa shape index (κ3) is 3.72. The number of anilines is 1. The lowest BCUT2D eigenvalue weighted by molar-refractivity contribution is 0.0975. The highest BCUT2D eigenvalue weighted by Crippen LogP contribution is 2.17. The van der Waals surface area contributed by atoms with Crippen molar-refractivity contribution in [2.45, 2.75) is 13.0 Å². The van der Waals surface area contributed by atoms with E-state index in [9.17, 15) is 4.79 Å². The van der Waals surface area contributed by atoms with E-state index in [1.807, 2.05) is 19.1 Å². The quantitative estimate of drug-likeness (QED) is 0.830. The Balaban J connectivity index is 2.09. The van der Waals surface area contributed by atoms with Gasteiger partial charge in [-0.1, -0.05) is 35.3 Å². The molecule has 0 aromatic heterocycles. The first-order chi connectivity index (χ1) is 9.06. The summed E-state index contributed by atoms with van der Waals surface area (Å²) in [6, 6.07) is 13.8. The van der Waals surface area contributed by atoms with Crippen molar-refractivity contribution in [3.05, 3.63) is 64.1 Å². The van der Waals surface area contributed by atoms with Crippen LogP contribution in [0.2, 0.25) is 10.0 Å². The third-order valence-electron chi connectivity index (χ3n) is 2.73. The molecule has 0 spiro atoms. The minimum Gasteiger partial charge on any atom is -0.375 e. The van der Waals surface area contributed by atoms with Crippen LogP contribution in [0.5, 0.6) is 0 Å². The van der Waals surface area contributed by atoms with E-state index in [4.69, 9.17) is 23.2 Å². The lowest BCUT2D eigenvalue weighted by atomic mass is 10.1. The fourth-order valence-electron chi connectivity index (χ4n) is 1.75. The molecule has 2 rings (SSSR count). The zero-order valence-electron chi connectivity index (χ0n) is 10.4. The van der Waals surface area contributed by atoms with Crippen molar-refractivity contribution < 1.29 is 4.79 Å². The van der Waals surface area contributed by atoms with E-state index in [2.05, 4.69) is 5.32 Å². The van der Waals surface area contributed by atoms with Crippen molar-refractivity contribution in [3.8, 4) is 0 Å². The summed E-state index contributed by atoms with van der Waals surface area (Å²) in [7, 11) is 0. The van der Waals surface area contributed by atoms with Crippen LogP contribution < -0.4 is 5.32 Å². The molecule has 0 radical (unpaired) electrons. The van der Waals surface area contributed by atoms with Gasteiger partial charge in [0.15, 0.2) is 5.78 Å². The molecule has 0 saturated carbocycles. The number of Topliss-reactive ketones (excluding diaryl/α,β-unsaturated/α-hetero) is 1. The molecule has 1 atom stereocenters. The second kappa shape index (κ2) is 6.09. The van der Waals surface area contributed by atoms with Crippen molar-refractivity contribution in [3.63, 3.8) is 0 Å². The highest BCUT2D eigenvalue weighted by Gasteiger charge is 2.15. The van der Waals surface area contributed by atoms with E-state index in [1.165, 1.54) is 0 Å². The molecule has 4 heteroatoms. The highest BCUT2D eigenvalue weighted by atomic mass is 35.5. The predicted molar refractivity (Wildman–Crippen MR) is 80.3 cm³/mol. The fraction of sp³-hybridized carbons (Fsp3) is 0.133. The first kappa shape index (κ1) is 13.9. The van der Waals surface area contributed by atoms with Crippen molar-refractivity contribution in [1.29, 1.82) is 0 Å². The smallest absolute Gasteiger partial charge is 0.184 e. The molecular weight excluding hydrogens is 281 g/mol. The highest BCUT2D eigenvalue weighted by molar-refractivity contribution is 6.31. The summed E-state index contributed by atoms with van der Waals surface area (Å²) in [6.07, 6.45) is 0. The molecule has 0 fully saturated rings. The lowest BCUT2D eigenvalue weighted by Crippen LogP contribution is -2.26. The van der Waals surface area contributed by atoms with Gasteiger partial charge in [0.1, 0.15) is 0 Å². The maximum Gasteiger partial charge on any atom is 0.184 e. The second-order valence-corrected chi connectivity index (χ2v) is 5.12. The standard InChI is InChI=1S/C15H13Cl2NO/c1-10(18-14-7-5-12(16)6-8-14)15(19)11-3-2-4-13(17)9-11/h2-10,18H,1H3. The average molecular weight is 294 g/mol. The number of hydrogen-bond acceptors (Lipinski definition) is 2. The number of carbonyl (C=O) groups is 1. The van der Waals surface area contributed by atoms with E-state index in [0.29, 0.717) is 15.6 Å². The molecule has 2 aromatic rings. The molecule has 0 saturated heterocycles. The Morgan fingerprint density at radius 3 is 2.37 bits per heavy atom. The molecule has 0 bridgehead atoms. The number of carbonyl (C=O) groups excluding carboxylic acids is 1. The van der Waals surface area contributed by atoms with Crippen LogP contribution in [0.3, 0.4) is 0 Å². The number of nitrogens with one attached hydrogen (secondary N) is 1. The van der Waals surface area contributed by atoms with Crippen molar-refractivity contribution in [2.75, 3.05) is 5.32 Å². The predicted octanol–water partition coefficient (Wildman–Crippen LogP) is 4.68. The van der Waals surface area contributed by atoms with Gasteiger partial charge in [-0.25, -0.2) is 0 Å². The Labute approximate surface area is 122 Å². The lowest BCUT2D eigenvalue weighted by Gasteiger charge is -2.14. The second-order valence-electron chi connectivity index (χ2n) is 4.25. The van der Waals surface area contributed by atoms with Crippen LogP contribution in [0.4, 0.5) is 5.69 Å². The van der Waals surface area contributed by atoms with Crippen LogP contribution in [0.1, 0.15) is 17.3 Å². The number of halogens is 2. The van der Waals surface area contributed by atoms with Crippen molar-refractivity contribution >= 4 is 34.7 Å². The molecule has 0 heterocycles. The summed E-state index contributed by atoms with van der Waals surface area (Å²) in [5.74, 6) is -0.00236. The van der Waals surface area contributed by atoms with Gasteiger partial charge >= 0.3 is 0 Å². The summed E-state index contributed by atoms with van der Waals surface area (Å²) in [4.78, 5) is 12.2.